The van der Waals surface area contributed by atoms with Crippen LogP contribution in [0.5, 0.6) is 0 Å². The number of carbonyl (C=O) groups is 2. The molecule has 0 saturated carbocycles. The summed E-state index contributed by atoms with van der Waals surface area (Å²) in [7, 11) is 1.78. The normalized spacial score (nSPS) is 17.4. The first kappa shape index (κ1) is 16.2. The molecule has 0 saturated heterocycles. The van der Waals surface area contributed by atoms with Gasteiger partial charge in [0.15, 0.2) is 0 Å². The van der Waals surface area contributed by atoms with Crippen molar-refractivity contribution in [3.63, 3.8) is 0 Å². The molecule has 1 aromatic carbocycles. The second-order valence-electron chi connectivity index (χ2n) is 5.61. The van der Waals surface area contributed by atoms with Gasteiger partial charge in [-0.05, 0) is 24.1 Å². The van der Waals surface area contributed by atoms with E-state index in [0.29, 0.717) is 17.5 Å². The molecule has 1 atom stereocenters. The Morgan fingerprint density at radius 3 is 2.86 bits per heavy atom. The van der Waals surface area contributed by atoms with Gasteiger partial charge in [0.05, 0.1) is 10.9 Å². The number of halogens is 1. The highest BCUT2D eigenvalue weighted by atomic mass is 35.5. The van der Waals surface area contributed by atoms with Gasteiger partial charge in [-0.15, -0.1) is 11.8 Å². The van der Waals surface area contributed by atoms with Crippen molar-refractivity contribution in [2.24, 2.45) is 5.92 Å². The van der Waals surface area contributed by atoms with E-state index >= 15 is 0 Å². The van der Waals surface area contributed by atoms with E-state index in [1.807, 2.05) is 6.07 Å². The molecule has 2 rings (SSSR count). The van der Waals surface area contributed by atoms with Crippen LogP contribution in [-0.2, 0) is 9.59 Å². The van der Waals surface area contributed by atoms with Crippen molar-refractivity contribution in [2.75, 3.05) is 18.9 Å². The summed E-state index contributed by atoms with van der Waals surface area (Å²) in [5.74, 6) is 0.268. The maximum Gasteiger partial charge on any atom is 0.238 e. The van der Waals surface area contributed by atoms with Crippen molar-refractivity contribution in [2.45, 2.75) is 30.4 Å². The molecular weight excluding hydrogens is 308 g/mol. The van der Waals surface area contributed by atoms with Gasteiger partial charge in [-0.1, -0.05) is 25.4 Å². The second kappa shape index (κ2) is 6.71. The van der Waals surface area contributed by atoms with Crippen LogP contribution in [0.1, 0.15) is 20.3 Å². The minimum absolute atomic E-state index is 0.00577. The minimum Gasteiger partial charge on any atom is -0.345 e. The number of fused-ring (bicyclic) bond motifs is 1. The Morgan fingerprint density at radius 2 is 2.19 bits per heavy atom. The predicted molar refractivity (Wildman–Crippen MR) is 86.8 cm³/mol. The molecule has 1 heterocycles. The average molecular weight is 327 g/mol. The van der Waals surface area contributed by atoms with Crippen LogP contribution in [0.3, 0.4) is 0 Å². The van der Waals surface area contributed by atoms with Crippen LogP contribution in [0.4, 0.5) is 5.69 Å². The third-order valence-electron chi connectivity index (χ3n) is 3.19. The van der Waals surface area contributed by atoms with Gasteiger partial charge in [-0.25, -0.2) is 0 Å². The van der Waals surface area contributed by atoms with Gasteiger partial charge in [0.1, 0.15) is 0 Å². The highest BCUT2D eigenvalue weighted by molar-refractivity contribution is 8.01. The molecular formula is C15H19ClN2O2S. The monoisotopic (exact) mass is 326 g/mol. The molecule has 0 aliphatic carbocycles. The molecule has 0 radical (unpaired) electrons. The van der Waals surface area contributed by atoms with Crippen LogP contribution < -0.4 is 5.32 Å². The van der Waals surface area contributed by atoms with Crippen LogP contribution in [0, 0.1) is 5.92 Å². The largest absolute Gasteiger partial charge is 0.345 e. The van der Waals surface area contributed by atoms with Gasteiger partial charge in [-0.3, -0.25) is 9.59 Å². The molecule has 1 N–H and O–H groups in total. The first-order chi connectivity index (χ1) is 9.86. The summed E-state index contributed by atoms with van der Waals surface area (Å²) in [6.45, 7) is 4.82. The third-order valence-corrected chi connectivity index (χ3v) is 4.70. The van der Waals surface area contributed by atoms with Crippen molar-refractivity contribution in [1.29, 1.82) is 0 Å². The van der Waals surface area contributed by atoms with E-state index in [4.69, 9.17) is 11.6 Å². The molecule has 0 aromatic heterocycles. The van der Waals surface area contributed by atoms with E-state index in [9.17, 15) is 9.59 Å². The fourth-order valence-corrected chi connectivity index (χ4v) is 3.48. The van der Waals surface area contributed by atoms with Crippen molar-refractivity contribution in [1.82, 2.24) is 4.90 Å². The molecule has 0 bridgehead atoms. The Balaban J connectivity index is 2.04. The third kappa shape index (κ3) is 4.14. The maximum atomic E-state index is 12.2. The van der Waals surface area contributed by atoms with Gasteiger partial charge in [0, 0.05) is 29.9 Å². The molecule has 6 heteroatoms. The summed E-state index contributed by atoms with van der Waals surface area (Å²) in [5, 5.41) is 3.02. The summed E-state index contributed by atoms with van der Waals surface area (Å²) >= 11 is 7.33. The molecule has 0 spiro atoms. The first-order valence-electron chi connectivity index (χ1n) is 6.88. The van der Waals surface area contributed by atoms with Gasteiger partial charge >= 0.3 is 0 Å². The van der Waals surface area contributed by atoms with E-state index in [1.165, 1.54) is 11.8 Å². The quantitative estimate of drug-likeness (QED) is 0.924. The summed E-state index contributed by atoms with van der Waals surface area (Å²) in [6, 6.07) is 5.39. The standard InChI is InChI=1S/C15H19ClN2O2S/c1-9(2)8-18(3)14(19)7-13-15(20)17-11-6-10(16)4-5-12(11)21-13/h4-6,9,13H,7-8H2,1-3H3,(H,17,20). The zero-order chi connectivity index (χ0) is 15.6. The highest BCUT2D eigenvalue weighted by Crippen LogP contribution is 2.38. The minimum atomic E-state index is -0.388. The molecule has 4 nitrogen and oxygen atoms in total. The predicted octanol–water partition coefficient (Wildman–Crippen LogP) is 3.26. The van der Waals surface area contributed by atoms with Crippen LogP contribution >= 0.6 is 23.4 Å². The topological polar surface area (TPSA) is 49.4 Å². The summed E-state index contributed by atoms with van der Waals surface area (Å²) in [4.78, 5) is 26.9. The van der Waals surface area contributed by atoms with Crippen molar-refractivity contribution in [3.8, 4) is 0 Å². The highest BCUT2D eigenvalue weighted by Gasteiger charge is 2.30. The first-order valence-corrected chi connectivity index (χ1v) is 8.13. The molecule has 21 heavy (non-hydrogen) atoms. The van der Waals surface area contributed by atoms with E-state index in [0.717, 1.165) is 10.6 Å². The molecule has 0 fully saturated rings. The number of anilines is 1. The fourth-order valence-electron chi connectivity index (χ4n) is 2.22. The van der Waals surface area contributed by atoms with Gasteiger partial charge < -0.3 is 10.2 Å². The van der Waals surface area contributed by atoms with Crippen molar-refractivity contribution < 1.29 is 9.59 Å². The molecule has 1 aliphatic rings. The average Bonchev–Trinajstić information content (AvgIpc) is 2.39. The fraction of sp³-hybridized carbons (Fsp3) is 0.467. The number of rotatable bonds is 4. The number of hydrogen-bond acceptors (Lipinski definition) is 3. The smallest absolute Gasteiger partial charge is 0.238 e. The Labute approximate surface area is 134 Å². The Morgan fingerprint density at radius 1 is 1.48 bits per heavy atom. The van der Waals surface area contributed by atoms with Crippen LogP contribution in [0.15, 0.2) is 23.1 Å². The number of amides is 2. The SMILES string of the molecule is CC(C)CN(C)C(=O)CC1Sc2ccc(Cl)cc2NC1=O. The van der Waals surface area contributed by atoms with E-state index in [-0.39, 0.29) is 23.5 Å². The number of nitrogens with zero attached hydrogens (tertiary/aromatic N) is 1. The molecule has 114 valence electrons. The molecule has 2 amide bonds. The number of benzene rings is 1. The van der Waals surface area contributed by atoms with E-state index < -0.39 is 0 Å². The molecule has 1 unspecified atom stereocenters. The number of nitrogens with one attached hydrogen (secondary N) is 1. The number of hydrogen-bond donors (Lipinski definition) is 1. The lowest BCUT2D eigenvalue weighted by atomic mass is 10.2. The Hall–Kier alpha value is -1.20. The zero-order valence-electron chi connectivity index (χ0n) is 12.4. The van der Waals surface area contributed by atoms with E-state index in [2.05, 4.69) is 19.2 Å². The Kier molecular flexibility index (Phi) is 5.17. The lowest BCUT2D eigenvalue weighted by molar-refractivity contribution is -0.131. The van der Waals surface area contributed by atoms with Gasteiger partial charge in [0.2, 0.25) is 11.8 Å². The van der Waals surface area contributed by atoms with Gasteiger partial charge in [0.25, 0.3) is 0 Å². The Bertz CT molecular complexity index is 563. The molecule has 1 aromatic rings. The molecule has 1 aliphatic heterocycles. The zero-order valence-corrected chi connectivity index (χ0v) is 13.9. The van der Waals surface area contributed by atoms with Crippen LogP contribution in [-0.4, -0.2) is 35.6 Å². The second-order valence-corrected chi connectivity index (χ2v) is 7.29. The summed E-state index contributed by atoms with van der Waals surface area (Å²) in [6.07, 6.45) is 0.210. The summed E-state index contributed by atoms with van der Waals surface area (Å²) < 4.78 is 0. The maximum absolute atomic E-state index is 12.2. The van der Waals surface area contributed by atoms with Crippen molar-refractivity contribution in [3.05, 3.63) is 23.2 Å². The van der Waals surface area contributed by atoms with Crippen LogP contribution in [0.25, 0.3) is 0 Å². The lowest BCUT2D eigenvalue weighted by Crippen LogP contribution is -2.37. The van der Waals surface area contributed by atoms with Crippen molar-refractivity contribution >= 4 is 40.9 Å². The summed E-state index contributed by atoms with van der Waals surface area (Å²) in [5.41, 5.74) is 0.719. The van der Waals surface area contributed by atoms with Gasteiger partial charge in [-0.2, -0.15) is 0 Å². The van der Waals surface area contributed by atoms with Crippen LogP contribution in [0.2, 0.25) is 5.02 Å². The number of thioether (sulfide) groups is 1. The number of carbonyl (C=O) groups excluding carboxylic acids is 2. The lowest BCUT2D eigenvalue weighted by Gasteiger charge is -2.26. The van der Waals surface area contributed by atoms with E-state index in [1.54, 1.807) is 24.1 Å².